The van der Waals surface area contributed by atoms with Gasteiger partial charge in [0, 0.05) is 0 Å². The molecular weight excluding hydrogens is 279 g/mol. The predicted molar refractivity (Wildman–Crippen MR) is 71.6 cm³/mol. The van der Waals surface area contributed by atoms with E-state index in [4.69, 9.17) is 23.2 Å². The number of aryl methyl sites for hydroxylation is 1. The highest BCUT2D eigenvalue weighted by molar-refractivity contribution is 7.21. The third kappa shape index (κ3) is 1.48. The van der Waals surface area contributed by atoms with Gasteiger partial charge >= 0.3 is 0 Å². The van der Waals surface area contributed by atoms with Gasteiger partial charge in [-0.05, 0) is 19.1 Å². The van der Waals surface area contributed by atoms with Crippen LogP contribution in [-0.2, 0) is 0 Å². The Morgan fingerprint density at radius 1 is 1.35 bits per heavy atom. The van der Waals surface area contributed by atoms with Crippen LogP contribution in [0.3, 0.4) is 0 Å². The summed E-state index contributed by atoms with van der Waals surface area (Å²) in [6, 6.07) is 5.23. The van der Waals surface area contributed by atoms with Gasteiger partial charge in [-0.1, -0.05) is 40.6 Å². The molecule has 0 aliphatic carbocycles. The molecule has 0 atom stereocenters. The topological polar surface area (TPSA) is 34.4 Å². The molecule has 0 saturated carbocycles. The molecule has 0 unspecified atom stereocenters. The average Bonchev–Trinajstić information content (AvgIpc) is 2.55. The number of benzene rings is 1. The number of nitrogens with zero attached hydrogens (tertiary/aromatic N) is 2. The summed E-state index contributed by atoms with van der Waals surface area (Å²) in [4.78, 5) is 17.3. The third-order valence-corrected chi connectivity index (χ3v) is 4.37. The van der Waals surface area contributed by atoms with Crippen LogP contribution in [0.5, 0.6) is 0 Å². The molecule has 0 bridgehead atoms. The number of hydrogen-bond acceptors (Lipinski definition) is 3. The highest BCUT2D eigenvalue weighted by Crippen LogP contribution is 2.27. The van der Waals surface area contributed by atoms with Gasteiger partial charge in [0.15, 0.2) is 4.96 Å². The lowest BCUT2D eigenvalue weighted by Gasteiger charge is -2.01. The molecular formula is C11H6Cl2N2OS. The van der Waals surface area contributed by atoms with E-state index in [-0.39, 0.29) is 5.56 Å². The summed E-state index contributed by atoms with van der Waals surface area (Å²) < 4.78 is 2.07. The fourth-order valence-corrected chi connectivity index (χ4v) is 3.17. The minimum atomic E-state index is -0.170. The molecule has 6 heteroatoms. The molecule has 3 aromatic rings. The van der Waals surface area contributed by atoms with Gasteiger partial charge in [-0.3, -0.25) is 9.20 Å². The fraction of sp³-hybridized carbons (Fsp3) is 0.0909. The van der Waals surface area contributed by atoms with Crippen LogP contribution in [0.4, 0.5) is 0 Å². The summed E-state index contributed by atoms with van der Waals surface area (Å²) in [5.41, 5.74) is 1.13. The SMILES string of the molecule is Cc1c(Cl)sc2nc3cccc(Cl)c3c(=O)n12. The number of fused-ring (bicyclic) bond motifs is 2. The Balaban J connectivity index is 2.68. The summed E-state index contributed by atoms with van der Waals surface area (Å²) in [5, 5.41) is 0.848. The van der Waals surface area contributed by atoms with Gasteiger partial charge in [-0.2, -0.15) is 0 Å². The highest BCUT2D eigenvalue weighted by atomic mass is 35.5. The van der Waals surface area contributed by atoms with E-state index in [9.17, 15) is 4.79 Å². The van der Waals surface area contributed by atoms with Crippen molar-refractivity contribution in [2.75, 3.05) is 0 Å². The molecule has 2 heterocycles. The van der Waals surface area contributed by atoms with Crippen molar-refractivity contribution in [2.45, 2.75) is 6.92 Å². The standard InChI is InChI=1S/C11H6Cl2N2OS/c1-5-9(13)17-11-14-7-4-2-3-6(12)8(7)10(16)15(5)11/h2-4H,1H3. The largest absolute Gasteiger partial charge is 0.268 e. The lowest BCUT2D eigenvalue weighted by atomic mass is 10.2. The normalized spacial score (nSPS) is 11.5. The van der Waals surface area contributed by atoms with Crippen molar-refractivity contribution in [1.82, 2.24) is 9.38 Å². The first-order valence-electron chi connectivity index (χ1n) is 4.85. The Hall–Kier alpha value is -1.10. The van der Waals surface area contributed by atoms with E-state index >= 15 is 0 Å². The minimum absolute atomic E-state index is 0.170. The zero-order chi connectivity index (χ0) is 12.2. The second kappa shape index (κ2) is 3.70. The zero-order valence-corrected chi connectivity index (χ0v) is 11.0. The number of hydrogen-bond donors (Lipinski definition) is 0. The van der Waals surface area contributed by atoms with Crippen molar-refractivity contribution in [3.63, 3.8) is 0 Å². The summed E-state index contributed by atoms with van der Waals surface area (Å²) in [6.45, 7) is 1.79. The van der Waals surface area contributed by atoms with Crippen molar-refractivity contribution < 1.29 is 0 Å². The van der Waals surface area contributed by atoms with Crippen molar-refractivity contribution >= 4 is 50.4 Å². The van der Waals surface area contributed by atoms with Crippen LogP contribution in [0.15, 0.2) is 23.0 Å². The predicted octanol–water partition coefficient (Wildman–Crippen LogP) is 3.52. The summed E-state index contributed by atoms with van der Waals surface area (Å²) in [5.74, 6) is 0. The number of thiazole rings is 1. The number of rotatable bonds is 0. The molecule has 0 fully saturated rings. The van der Waals surface area contributed by atoms with Crippen molar-refractivity contribution in [1.29, 1.82) is 0 Å². The molecule has 3 nitrogen and oxygen atoms in total. The quantitative estimate of drug-likeness (QED) is 0.633. The second-order valence-electron chi connectivity index (χ2n) is 3.63. The molecule has 0 aliphatic heterocycles. The van der Waals surface area contributed by atoms with Crippen molar-refractivity contribution in [3.8, 4) is 0 Å². The first-order valence-corrected chi connectivity index (χ1v) is 6.42. The Bertz CT molecular complexity index is 806. The molecule has 2 aromatic heterocycles. The fourth-order valence-electron chi connectivity index (χ4n) is 1.78. The molecule has 0 radical (unpaired) electrons. The van der Waals surface area contributed by atoms with Gasteiger partial charge in [-0.25, -0.2) is 4.98 Å². The van der Waals surface area contributed by atoms with E-state index in [0.29, 0.717) is 30.9 Å². The molecule has 3 rings (SSSR count). The van der Waals surface area contributed by atoms with E-state index in [1.165, 1.54) is 15.7 Å². The lowest BCUT2D eigenvalue weighted by molar-refractivity contribution is 1.05. The Kier molecular flexibility index (Phi) is 2.40. The van der Waals surface area contributed by atoms with Crippen LogP contribution in [0.1, 0.15) is 5.69 Å². The van der Waals surface area contributed by atoms with Gasteiger partial charge in [0.05, 0.1) is 21.6 Å². The summed E-state index contributed by atoms with van der Waals surface area (Å²) >= 11 is 13.3. The maximum Gasteiger partial charge on any atom is 0.268 e. The van der Waals surface area contributed by atoms with E-state index in [0.717, 1.165) is 0 Å². The van der Waals surface area contributed by atoms with Gasteiger partial charge in [0.25, 0.3) is 5.56 Å². The molecule has 1 aromatic carbocycles. The van der Waals surface area contributed by atoms with E-state index in [1.807, 2.05) is 0 Å². The smallest absolute Gasteiger partial charge is 0.268 e. The van der Waals surface area contributed by atoms with E-state index in [2.05, 4.69) is 4.98 Å². The monoisotopic (exact) mass is 284 g/mol. The Morgan fingerprint density at radius 3 is 2.88 bits per heavy atom. The number of aromatic nitrogens is 2. The van der Waals surface area contributed by atoms with Gasteiger partial charge < -0.3 is 0 Å². The zero-order valence-electron chi connectivity index (χ0n) is 8.70. The van der Waals surface area contributed by atoms with Gasteiger partial charge in [0.2, 0.25) is 0 Å². The van der Waals surface area contributed by atoms with Crippen LogP contribution in [0, 0.1) is 6.92 Å². The first-order chi connectivity index (χ1) is 8.09. The van der Waals surface area contributed by atoms with Crippen LogP contribution in [0.2, 0.25) is 9.36 Å². The summed E-state index contributed by atoms with van der Waals surface area (Å²) in [7, 11) is 0. The number of halogens is 2. The first kappa shape index (κ1) is 11.0. The second-order valence-corrected chi connectivity index (χ2v) is 5.62. The minimum Gasteiger partial charge on any atom is -0.268 e. The van der Waals surface area contributed by atoms with Crippen LogP contribution >= 0.6 is 34.5 Å². The van der Waals surface area contributed by atoms with Crippen LogP contribution in [0.25, 0.3) is 15.9 Å². The molecule has 0 saturated heterocycles. The summed E-state index contributed by atoms with van der Waals surface area (Å²) in [6.07, 6.45) is 0. The Morgan fingerprint density at radius 2 is 2.12 bits per heavy atom. The van der Waals surface area contributed by atoms with E-state index in [1.54, 1.807) is 25.1 Å². The van der Waals surface area contributed by atoms with Crippen molar-refractivity contribution in [2.24, 2.45) is 0 Å². The van der Waals surface area contributed by atoms with Crippen LogP contribution < -0.4 is 5.56 Å². The maximum absolute atomic E-state index is 12.3. The van der Waals surface area contributed by atoms with E-state index < -0.39 is 0 Å². The van der Waals surface area contributed by atoms with Crippen molar-refractivity contribution in [3.05, 3.63) is 43.6 Å². The molecule has 0 spiro atoms. The average molecular weight is 285 g/mol. The molecule has 0 amide bonds. The molecule has 0 aliphatic rings. The van der Waals surface area contributed by atoms with Gasteiger partial charge in [-0.15, -0.1) is 0 Å². The third-order valence-electron chi connectivity index (χ3n) is 2.62. The van der Waals surface area contributed by atoms with Gasteiger partial charge in [0.1, 0.15) is 4.34 Å². The Labute approximate surface area is 110 Å². The lowest BCUT2D eigenvalue weighted by Crippen LogP contribution is -2.15. The highest BCUT2D eigenvalue weighted by Gasteiger charge is 2.14. The molecule has 17 heavy (non-hydrogen) atoms. The van der Waals surface area contributed by atoms with Crippen LogP contribution in [-0.4, -0.2) is 9.38 Å². The maximum atomic E-state index is 12.3. The molecule has 0 N–H and O–H groups in total. The molecule has 86 valence electrons.